The number of methoxy groups -OCH3 is 1. The summed E-state index contributed by atoms with van der Waals surface area (Å²) in [5.41, 5.74) is 2.33. The van der Waals surface area contributed by atoms with Gasteiger partial charge in [-0.05, 0) is 30.5 Å². The van der Waals surface area contributed by atoms with Crippen LogP contribution in [0.2, 0.25) is 0 Å². The lowest BCUT2D eigenvalue weighted by Crippen LogP contribution is -2.48. The van der Waals surface area contributed by atoms with Crippen LogP contribution in [0, 0.1) is 0 Å². The minimum absolute atomic E-state index is 0.252. The molecule has 1 fully saturated rings. The number of rotatable bonds is 7. The van der Waals surface area contributed by atoms with Gasteiger partial charge in [-0.15, -0.1) is 11.3 Å². The number of aromatic nitrogens is 1. The first-order chi connectivity index (χ1) is 12.7. The molecule has 1 aliphatic rings. The molecule has 0 bridgehead atoms. The molecule has 1 saturated heterocycles. The molecular formula is C20H27N3O2S. The van der Waals surface area contributed by atoms with Crippen LogP contribution in [0.4, 0.5) is 0 Å². The monoisotopic (exact) mass is 373 g/mol. The van der Waals surface area contributed by atoms with Crippen molar-refractivity contribution in [3.63, 3.8) is 0 Å². The standard InChI is InChI=1S/C20H27N3O2S/c1-3-19-21-17(15-26-19)14-22-10-12-23(13-11-22)20(24)9-6-16-4-7-18(25-2)8-5-16/h4-5,7-8,15H,3,6,9-14H2,1-2H3. The van der Waals surface area contributed by atoms with Crippen LogP contribution in [0.25, 0.3) is 0 Å². The van der Waals surface area contributed by atoms with Crippen molar-refractivity contribution in [2.75, 3.05) is 33.3 Å². The highest BCUT2D eigenvalue weighted by Gasteiger charge is 2.21. The zero-order chi connectivity index (χ0) is 18.4. The van der Waals surface area contributed by atoms with Crippen molar-refractivity contribution in [1.82, 2.24) is 14.8 Å². The van der Waals surface area contributed by atoms with Gasteiger partial charge in [0.05, 0.1) is 17.8 Å². The van der Waals surface area contributed by atoms with Gasteiger partial charge in [0.25, 0.3) is 0 Å². The number of piperazine rings is 1. The maximum atomic E-state index is 12.5. The average Bonchev–Trinajstić information content (AvgIpc) is 3.14. The van der Waals surface area contributed by atoms with Gasteiger partial charge in [-0.2, -0.15) is 0 Å². The maximum absolute atomic E-state index is 12.5. The van der Waals surface area contributed by atoms with Gasteiger partial charge in [0.15, 0.2) is 0 Å². The summed E-state index contributed by atoms with van der Waals surface area (Å²) >= 11 is 1.74. The van der Waals surface area contributed by atoms with Crippen LogP contribution in [0.3, 0.4) is 0 Å². The molecule has 140 valence electrons. The number of thiazole rings is 1. The fourth-order valence-electron chi connectivity index (χ4n) is 3.17. The Morgan fingerprint density at radius 3 is 2.54 bits per heavy atom. The van der Waals surface area contributed by atoms with E-state index in [1.165, 1.54) is 10.6 Å². The van der Waals surface area contributed by atoms with Crippen LogP contribution < -0.4 is 4.74 Å². The van der Waals surface area contributed by atoms with Crippen molar-refractivity contribution < 1.29 is 9.53 Å². The zero-order valence-corrected chi connectivity index (χ0v) is 16.4. The minimum atomic E-state index is 0.252. The highest BCUT2D eigenvalue weighted by Crippen LogP contribution is 2.15. The van der Waals surface area contributed by atoms with Crippen LogP contribution in [0.1, 0.15) is 29.6 Å². The van der Waals surface area contributed by atoms with Crippen molar-refractivity contribution in [1.29, 1.82) is 0 Å². The normalized spacial score (nSPS) is 15.2. The third-order valence-electron chi connectivity index (χ3n) is 4.80. The summed E-state index contributed by atoms with van der Waals surface area (Å²) < 4.78 is 5.17. The lowest BCUT2D eigenvalue weighted by Gasteiger charge is -2.34. The molecule has 1 amide bonds. The number of hydrogen-bond donors (Lipinski definition) is 0. The molecule has 1 aliphatic heterocycles. The molecule has 2 heterocycles. The summed E-state index contributed by atoms with van der Waals surface area (Å²) in [5.74, 6) is 1.10. The van der Waals surface area contributed by atoms with Gasteiger partial charge in [0.1, 0.15) is 5.75 Å². The summed E-state index contributed by atoms with van der Waals surface area (Å²) in [6.45, 7) is 6.50. The zero-order valence-electron chi connectivity index (χ0n) is 15.6. The van der Waals surface area contributed by atoms with Crippen molar-refractivity contribution in [3.8, 4) is 5.75 Å². The summed E-state index contributed by atoms with van der Waals surface area (Å²) in [6.07, 6.45) is 2.35. The maximum Gasteiger partial charge on any atom is 0.222 e. The molecule has 0 radical (unpaired) electrons. The fourth-order valence-corrected chi connectivity index (χ4v) is 3.91. The van der Waals surface area contributed by atoms with Crippen LogP contribution in [-0.4, -0.2) is 54.0 Å². The first kappa shape index (κ1) is 18.9. The summed E-state index contributed by atoms with van der Waals surface area (Å²) in [7, 11) is 1.66. The van der Waals surface area contributed by atoms with Gasteiger partial charge in [0, 0.05) is 44.5 Å². The smallest absolute Gasteiger partial charge is 0.222 e. The van der Waals surface area contributed by atoms with Crippen molar-refractivity contribution in [2.45, 2.75) is 32.7 Å². The Morgan fingerprint density at radius 1 is 1.19 bits per heavy atom. The van der Waals surface area contributed by atoms with Crippen LogP contribution >= 0.6 is 11.3 Å². The van der Waals surface area contributed by atoms with Crippen molar-refractivity contribution in [2.24, 2.45) is 0 Å². The SMILES string of the molecule is CCc1nc(CN2CCN(C(=O)CCc3ccc(OC)cc3)CC2)cs1. The highest BCUT2D eigenvalue weighted by molar-refractivity contribution is 7.09. The molecule has 1 aromatic heterocycles. The van der Waals surface area contributed by atoms with Gasteiger partial charge in [0.2, 0.25) is 5.91 Å². The summed E-state index contributed by atoms with van der Waals surface area (Å²) in [5, 5.41) is 3.36. The molecule has 6 heteroatoms. The van der Waals surface area contributed by atoms with Crippen LogP contribution in [0.5, 0.6) is 5.75 Å². The highest BCUT2D eigenvalue weighted by atomic mass is 32.1. The van der Waals surface area contributed by atoms with E-state index in [9.17, 15) is 4.79 Å². The Hall–Kier alpha value is -1.92. The predicted octanol–water partition coefficient (Wildman–Crippen LogP) is 2.99. The Bertz CT molecular complexity index is 706. The molecule has 26 heavy (non-hydrogen) atoms. The number of carbonyl (C=O) groups excluding carboxylic acids is 1. The van der Waals surface area contributed by atoms with E-state index >= 15 is 0 Å². The Morgan fingerprint density at radius 2 is 1.92 bits per heavy atom. The molecular weight excluding hydrogens is 346 g/mol. The molecule has 1 aromatic carbocycles. The molecule has 2 aromatic rings. The number of amides is 1. The van der Waals surface area contributed by atoms with Gasteiger partial charge >= 0.3 is 0 Å². The molecule has 0 spiro atoms. The van der Waals surface area contributed by atoms with E-state index in [-0.39, 0.29) is 5.91 Å². The second-order valence-electron chi connectivity index (χ2n) is 6.59. The minimum Gasteiger partial charge on any atom is -0.497 e. The topological polar surface area (TPSA) is 45.7 Å². The second kappa shape index (κ2) is 9.14. The number of nitrogens with zero attached hydrogens (tertiary/aromatic N) is 3. The van der Waals surface area contributed by atoms with Crippen LogP contribution in [-0.2, 0) is 24.2 Å². The summed E-state index contributed by atoms with van der Waals surface area (Å²) in [4.78, 5) is 21.5. The molecule has 3 rings (SSSR count). The molecule has 0 N–H and O–H groups in total. The van der Waals surface area contributed by atoms with Gasteiger partial charge < -0.3 is 9.64 Å². The third kappa shape index (κ3) is 5.05. The van der Waals surface area contributed by atoms with E-state index in [1.54, 1.807) is 18.4 Å². The molecule has 0 saturated carbocycles. The number of ether oxygens (including phenoxy) is 1. The summed E-state index contributed by atoms with van der Waals surface area (Å²) in [6, 6.07) is 7.95. The largest absolute Gasteiger partial charge is 0.497 e. The molecule has 5 nitrogen and oxygen atoms in total. The second-order valence-corrected chi connectivity index (χ2v) is 7.53. The van der Waals surface area contributed by atoms with Crippen molar-refractivity contribution >= 4 is 17.2 Å². The fraction of sp³-hybridized carbons (Fsp3) is 0.500. The number of carbonyl (C=O) groups is 1. The lowest BCUT2D eigenvalue weighted by atomic mass is 10.1. The Kier molecular flexibility index (Phi) is 6.63. The molecule has 0 aliphatic carbocycles. The van der Waals surface area contributed by atoms with E-state index in [0.29, 0.717) is 6.42 Å². The Labute approximate surface area is 159 Å². The quantitative estimate of drug-likeness (QED) is 0.748. The first-order valence-electron chi connectivity index (χ1n) is 9.24. The van der Waals surface area contributed by atoms with Gasteiger partial charge in [-0.1, -0.05) is 19.1 Å². The number of benzene rings is 1. The first-order valence-corrected chi connectivity index (χ1v) is 10.1. The van der Waals surface area contributed by atoms with E-state index in [2.05, 4.69) is 22.2 Å². The van der Waals surface area contributed by atoms with Gasteiger partial charge in [-0.3, -0.25) is 9.69 Å². The predicted molar refractivity (Wildman–Crippen MR) is 105 cm³/mol. The third-order valence-corrected chi connectivity index (χ3v) is 5.84. The number of hydrogen-bond acceptors (Lipinski definition) is 5. The average molecular weight is 374 g/mol. The lowest BCUT2D eigenvalue weighted by molar-refractivity contribution is -0.133. The number of aryl methyl sites for hydroxylation is 2. The van der Waals surface area contributed by atoms with E-state index in [4.69, 9.17) is 4.74 Å². The van der Waals surface area contributed by atoms with E-state index in [0.717, 1.165) is 57.0 Å². The Balaban J connectivity index is 1.41. The van der Waals surface area contributed by atoms with E-state index < -0.39 is 0 Å². The van der Waals surface area contributed by atoms with Gasteiger partial charge in [-0.25, -0.2) is 4.98 Å². The molecule has 0 unspecified atom stereocenters. The van der Waals surface area contributed by atoms with Crippen molar-refractivity contribution in [3.05, 3.63) is 45.9 Å². The van der Waals surface area contributed by atoms with Crippen LogP contribution in [0.15, 0.2) is 29.6 Å². The van der Waals surface area contributed by atoms with E-state index in [1.807, 2.05) is 29.2 Å². The molecule has 0 atom stereocenters.